The fourth-order valence-electron chi connectivity index (χ4n) is 5.04. The molecule has 4 atom stereocenters. The van der Waals surface area contributed by atoms with Gasteiger partial charge >= 0.3 is 5.97 Å². The summed E-state index contributed by atoms with van der Waals surface area (Å²) in [4.78, 5) is 23.2. The average Bonchev–Trinajstić information content (AvgIpc) is 3.08. The van der Waals surface area contributed by atoms with E-state index < -0.39 is 12.0 Å². The highest BCUT2D eigenvalue weighted by atomic mass is 16.4. The molecule has 0 radical (unpaired) electrons. The number of carboxylic acids is 1. The minimum Gasteiger partial charge on any atom is -0.480 e. The number of carboxylic acid groups (broad SMARTS) is 1. The maximum absolute atomic E-state index is 12.0. The van der Waals surface area contributed by atoms with E-state index in [9.17, 15) is 19.8 Å². The predicted octanol–water partition coefficient (Wildman–Crippen LogP) is 4.31. The normalized spacial score (nSPS) is 26.5. The van der Waals surface area contributed by atoms with Gasteiger partial charge in [-0.1, -0.05) is 69.3 Å². The van der Waals surface area contributed by atoms with Crippen molar-refractivity contribution in [3.05, 3.63) is 71.8 Å². The Hall–Kier alpha value is -2.66. The van der Waals surface area contributed by atoms with Crippen LogP contribution in [-0.4, -0.2) is 34.2 Å². The third-order valence-corrected chi connectivity index (χ3v) is 7.67. The number of benzene rings is 2. The molecule has 2 aromatic rings. The molecule has 3 N–H and O–H groups in total. The first kappa shape index (κ1) is 23.0. The van der Waals surface area contributed by atoms with Crippen LogP contribution in [-0.2, 0) is 11.2 Å². The Kier molecular flexibility index (Phi) is 6.85. The molecule has 5 nitrogen and oxygen atoms in total. The summed E-state index contributed by atoms with van der Waals surface area (Å²) >= 11 is 0. The number of rotatable bonds is 5. The molecule has 2 bridgehead atoms. The number of aliphatic carboxylic acids is 1. The minimum absolute atomic E-state index is 0.0313. The van der Waals surface area contributed by atoms with Gasteiger partial charge in [0.15, 0.2) is 0 Å². The van der Waals surface area contributed by atoms with Gasteiger partial charge in [-0.15, -0.1) is 0 Å². The van der Waals surface area contributed by atoms with Crippen LogP contribution in [0.4, 0.5) is 0 Å². The second-order valence-corrected chi connectivity index (χ2v) is 9.55. The van der Waals surface area contributed by atoms with Crippen molar-refractivity contribution in [2.75, 3.05) is 0 Å². The van der Waals surface area contributed by atoms with Crippen LogP contribution in [0, 0.1) is 16.7 Å². The van der Waals surface area contributed by atoms with E-state index in [0.29, 0.717) is 11.0 Å². The van der Waals surface area contributed by atoms with Crippen molar-refractivity contribution in [2.45, 2.75) is 58.6 Å². The monoisotopic (exact) mass is 423 g/mol. The van der Waals surface area contributed by atoms with Crippen LogP contribution in [0.2, 0.25) is 0 Å². The lowest BCUT2D eigenvalue weighted by Gasteiger charge is -2.36. The van der Waals surface area contributed by atoms with E-state index in [4.69, 9.17) is 0 Å². The van der Waals surface area contributed by atoms with Crippen LogP contribution in [0.15, 0.2) is 60.7 Å². The summed E-state index contributed by atoms with van der Waals surface area (Å²) < 4.78 is 0. The zero-order valence-corrected chi connectivity index (χ0v) is 18.5. The Labute approximate surface area is 184 Å². The molecule has 31 heavy (non-hydrogen) atoms. The van der Waals surface area contributed by atoms with Crippen LogP contribution in [0.25, 0.3) is 0 Å². The van der Waals surface area contributed by atoms with E-state index >= 15 is 0 Å². The fourth-order valence-corrected chi connectivity index (χ4v) is 5.04. The van der Waals surface area contributed by atoms with Gasteiger partial charge in [-0.3, -0.25) is 4.79 Å². The Bertz CT molecular complexity index is 896. The maximum Gasteiger partial charge on any atom is 0.326 e. The minimum atomic E-state index is -1.04. The topological polar surface area (TPSA) is 86.6 Å². The van der Waals surface area contributed by atoms with Crippen LogP contribution in [0.1, 0.15) is 56.0 Å². The lowest BCUT2D eigenvalue weighted by Crippen LogP contribution is -2.42. The van der Waals surface area contributed by atoms with Gasteiger partial charge in [-0.05, 0) is 53.7 Å². The Morgan fingerprint density at radius 1 is 1.03 bits per heavy atom. The van der Waals surface area contributed by atoms with Gasteiger partial charge in [0, 0.05) is 12.0 Å². The number of carbonyl (C=O) groups is 2. The fraction of sp³-hybridized carbons (Fsp3) is 0.462. The summed E-state index contributed by atoms with van der Waals surface area (Å²) in [6.07, 6.45) is 3.83. The van der Waals surface area contributed by atoms with Crippen LogP contribution in [0.3, 0.4) is 0 Å². The van der Waals surface area contributed by atoms with Crippen molar-refractivity contribution in [1.82, 2.24) is 5.32 Å². The third-order valence-electron chi connectivity index (χ3n) is 7.67. The third kappa shape index (κ3) is 4.82. The lowest BCUT2D eigenvalue weighted by atomic mass is 9.70. The van der Waals surface area contributed by atoms with Crippen molar-refractivity contribution in [2.24, 2.45) is 16.7 Å². The quantitative estimate of drug-likeness (QED) is 0.669. The molecular formula is C26H33NO4. The number of hydrogen-bond donors (Lipinski definition) is 3. The van der Waals surface area contributed by atoms with Crippen molar-refractivity contribution in [3.63, 3.8) is 0 Å². The van der Waals surface area contributed by atoms with Gasteiger partial charge in [0.25, 0.3) is 5.91 Å². The highest BCUT2D eigenvalue weighted by Crippen LogP contribution is 2.65. The lowest BCUT2D eigenvalue weighted by molar-refractivity contribution is -0.139. The van der Waals surface area contributed by atoms with Gasteiger partial charge in [-0.25, -0.2) is 4.79 Å². The molecule has 5 heteroatoms. The molecule has 0 aliphatic heterocycles. The van der Waals surface area contributed by atoms with Crippen LogP contribution in [0.5, 0.6) is 0 Å². The molecule has 2 fully saturated rings. The number of hydrogen-bond acceptors (Lipinski definition) is 3. The summed E-state index contributed by atoms with van der Waals surface area (Å²) in [6.45, 7) is 6.90. The number of aliphatic hydroxyl groups is 1. The summed E-state index contributed by atoms with van der Waals surface area (Å²) in [5.74, 6) is -0.644. The van der Waals surface area contributed by atoms with E-state index in [-0.39, 0.29) is 23.8 Å². The molecule has 2 aromatic carbocycles. The van der Waals surface area contributed by atoms with Gasteiger partial charge in [0.2, 0.25) is 0 Å². The average molecular weight is 424 g/mol. The second kappa shape index (κ2) is 9.23. The summed E-state index contributed by atoms with van der Waals surface area (Å²) in [6, 6.07) is 16.9. The van der Waals surface area contributed by atoms with E-state index in [1.165, 1.54) is 12.8 Å². The van der Waals surface area contributed by atoms with Crippen molar-refractivity contribution in [3.8, 4) is 0 Å². The van der Waals surface area contributed by atoms with Gasteiger partial charge in [0.1, 0.15) is 6.04 Å². The summed E-state index contributed by atoms with van der Waals surface area (Å²) in [5, 5.41) is 21.6. The van der Waals surface area contributed by atoms with E-state index in [1.807, 2.05) is 30.3 Å². The van der Waals surface area contributed by atoms with Crippen molar-refractivity contribution < 1.29 is 19.8 Å². The summed E-state index contributed by atoms with van der Waals surface area (Å²) in [7, 11) is 0. The first-order valence-electron chi connectivity index (χ1n) is 11.0. The summed E-state index contributed by atoms with van der Waals surface area (Å²) in [5.41, 5.74) is 1.92. The van der Waals surface area contributed by atoms with Crippen molar-refractivity contribution >= 4 is 11.9 Å². The van der Waals surface area contributed by atoms with Crippen LogP contribution < -0.4 is 5.32 Å². The number of nitrogens with one attached hydrogen (secondary N) is 1. The van der Waals surface area contributed by atoms with Crippen LogP contribution >= 0.6 is 0 Å². The predicted molar refractivity (Wildman–Crippen MR) is 121 cm³/mol. The number of carbonyl (C=O) groups excluding carboxylic acids is 1. The molecule has 0 aromatic heterocycles. The molecular weight excluding hydrogens is 390 g/mol. The first-order valence-corrected chi connectivity index (χ1v) is 11.0. The smallest absolute Gasteiger partial charge is 0.326 e. The number of fused-ring (bicyclic) bond motifs is 2. The molecule has 0 unspecified atom stereocenters. The van der Waals surface area contributed by atoms with E-state index in [0.717, 1.165) is 17.9 Å². The van der Waals surface area contributed by atoms with Crippen molar-refractivity contribution in [1.29, 1.82) is 0 Å². The molecule has 4 rings (SSSR count). The zero-order valence-electron chi connectivity index (χ0n) is 18.5. The maximum atomic E-state index is 12.0. The zero-order chi connectivity index (χ0) is 22.6. The van der Waals surface area contributed by atoms with Gasteiger partial charge < -0.3 is 15.5 Å². The molecule has 0 heterocycles. The first-order chi connectivity index (χ1) is 14.6. The molecule has 0 spiro atoms. The Balaban J connectivity index is 0.000000207. The molecule has 2 saturated carbocycles. The Morgan fingerprint density at radius 2 is 1.61 bits per heavy atom. The molecule has 2 aliphatic rings. The standard InChI is InChI=1S/C16H15NO3.C10H18O/c18-15(13-9-5-2-6-10-13)17-14(16(19)20)11-12-7-3-1-4-8-12;1-9(2)7-4-5-10(9,3)8(11)6-7/h1-10,14H,11H2,(H,17,18)(H,19,20);7-8,11H,4-6H2,1-3H3/t14-;7-,8+,10+/m01/s1. The SMILES string of the molecule is CC1(C)[C@@H]2CC[C@@]1(C)[C@@H](O)C2.O=C(N[C@@H](Cc1ccccc1)C(=O)O)c1ccccc1. The molecule has 0 saturated heterocycles. The molecule has 166 valence electrons. The highest BCUT2D eigenvalue weighted by molar-refractivity contribution is 5.96. The molecule has 2 aliphatic carbocycles. The van der Waals surface area contributed by atoms with E-state index in [2.05, 4.69) is 26.1 Å². The number of amides is 1. The van der Waals surface area contributed by atoms with Gasteiger partial charge in [0.05, 0.1) is 6.10 Å². The Morgan fingerprint density at radius 3 is 2.03 bits per heavy atom. The largest absolute Gasteiger partial charge is 0.480 e. The molecule has 1 amide bonds. The van der Waals surface area contributed by atoms with Gasteiger partial charge in [-0.2, -0.15) is 0 Å². The number of aliphatic hydroxyl groups excluding tert-OH is 1. The highest BCUT2D eigenvalue weighted by Gasteiger charge is 2.60. The second-order valence-electron chi connectivity index (χ2n) is 9.55. The van der Waals surface area contributed by atoms with E-state index in [1.54, 1.807) is 30.3 Å².